The average Bonchev–Trinajstić information content (AvgIpc) is 2.97. The zero-order valence-corrected chi connectivity index (χ0v) is 23.4. The molecule has 0 aliphatic heterocycles. The van der Waals surface area contributed by atoms with Crippen molar-refractivity contribution in [2.24, 2.45) is 0 Å². The average molecular weight is 557 g/mol. The highest BCUT2D eigenvalue weighted by molar-refractivity contribution is 6.07. The summed E-state index contributed by atoms with van der Waals surface area (Å²) in [6, 6.07) is 10.3. The Labute approximate surface area is 234 Å². The van der Waals surface area contributed by atoms with Crippen LogP contribution in [0.5, 0.6) is 23.0 Å². The molecule has 0 spiro atoms. The van der Waals surface area contributed by atoms with E-state index in [1.807, 2.05) is 0 Å². The third-order valence-electron chi connectivity index (χ3n) is 5.39. The molecular formula is C30H36O10. The van der Waals surface area contributed by atoms with Gasteiger partial charge in [0.15, 0.2) is 42.4 Å². The van der Waals surface area contributed by atoms with Crippen molar-refractivity contribution in [2.45, 2.75) is 19.8 Å². The highest BCUT2D eigenvalue weighted by Gasteiger charge is 2.15. The summed E-state index contributed by atoms with van der Waals surface area (Å²) in [6.07, 6.45) is 5.82. The number of aliphatic hydroxyl groups excluding tert-OH is 1. The Bertz CT molecular complexity index is 1210. The number of carbonyl (C=O) groups excluding carboxylic acids is 2. The number of allylic oxidation sites excluding steroid dienone is 3. The summed E-state index contributed by atoms with van der Waals surface area (Å²) in [5, 5.41) is 10.8. The van der Waals surface area contributed by atoms with E-state index in [1.54, 1.807) is 55.5 Å². The Morgan fingerprint density at radius 3 is 1.75 bits per heavy atom. The summed E-state index contributed by atoms with van der Waals surface area (Å²) in [4.78, 5) is 25.1. The normalized spacial score (nSPS) is 11.8. The van der Waals surface area contributed by atoms with E-state index in [0.29, 0.717) is 34.1 Å². The lowest BCUT2D eigenvalue weighted by Gasteiger charge is -2.10. The molecular weight excluding hydrogens is 520 g/mol. The molecule has 0 unspecified atom stereocenters. The van der Waals surface area contributed by atoms with E-state index in [9.17, 15) is 14.7 Å². The highest BCUT2D eigenvalue weighted by atomic mass is 16.7. The summed E-state index contributed by atoms with van der Waals surface area (Å²) >= 11 is 0. The summed E-state index contributed by atoms with van der Waals surface area (Å²) in [6.45, 7) is 2.04. The molecule has 2 aromatic carbocycles. The van der Waals surface area contributed by atoms with Crippen LogP contribution in [0.4, 0.5) is 0 Å². The summed E-state index contributed by atoms with van der Waals surface area (Å²) < 4.78 is 36.4. The molecule has 0 fully saturated rings. The quantitative estimate of drug-likeness (QED) is 0.0924. The van der Waals surface area contributed by atoms with Crippen LogP contribution in [-0.4, -0.2) is 65.5 Å². The fourth-order valence-corrected chi connectivity index (χ4v) is 3.44. The lowest BCUT2D eigenvalue weighted by atomic mass is 10.0. The van der Waals surface area contributed by atoms with Crippen LogP contribution >= 0.6 is 0 Å². The van der Waals surface area contributed by atoms with Crippen molar-refractivity contribution in [3.8, 4) is 23.0 Å². The molecule has 0 amide bonds. The fourth-order valence-electron chi connectivity index (χ4n) is 3.44. The first-order valence-electron chi connectivity index (χ1n) is 12.4. The van der Waals surface area contributed by atoms with E-state index in [4.69, 9.17) is 33.2 Å². The zero-order valence-electron chi connectivity index (χ0n) is 23.4. The number of hydrogen-bond acceptors (Lipinski definition) is 10. The number of rotatable bonds is 17. The molecule has 2 aromatic rings. The molecule has 1 N–H and O–H groups in total. The van der Waals surface area contributed by atoms with Crippen LogP contribution in [0.15, 0.2) is 59.9 Å². The number of ketones is 1. The van der Waals surface area contributed by atoms with Gasteiger partial charge < -0.3 is 38.3 Å². The van der Waals surface area contributed by atoms with Crippen LogP contribution in [0.3, 0.4) is 0 Å². The number of hydrogen-bond donors (Lipinski definition) is 1. The van der Waals surface area contributed by atoms with Crippen LogP contribution in [0.1, 0.15) is 30.9 Å². The van der Waals surface area contributed by atoms with E-state index >= 15 is 0 Å². The van der Waals surface area contributed by atoms with Gasteiger partial charge in [0.25, 0.3) is 0 Å². The monoisotopic (exact) mass is 556 g/mol. The summed E-state index contributed by atoms with van der Waals surface area (Å²) in [5.41, 5.74) is 1.40. The second-order valence-corrected chi connectivity index (χ2v) is 8.12. The fraction of sp³-hybridized carbons (Fsp3) is 0.333. The van der Waals surface area contributed by atoms with Gasteiger partial charge in [0.2, 0.25) is 0 Å². The van der Waals surface area contributed by atoms with Crippen molar-refractivity contribution >= 4 is 23.9 Å². The molecule has 2 rings (SSSR count). The standard InChI is InChI=1S/C30H36O10/c1-6-38-30(33)16-11-23(24(31)12-7-21-9-14-26(39-19-34-2)28(17-21)36-4)25(32)13-8-22-10-15-27(40-20-35-3)29(18-22)37-5/h7-10,12-15,17-18,31H,6,11,16,19-20H2,1-5H3/b12-7+,13-8+,24-23-. The Balaban J connectivity index is 2.31. The molecule has 0 bridgehead atoms. The van der Waals surface area contributed by atoms with Gasteiger partial charge in [0.05, 0.1) is 20.8 Å². The molecule has 0 saturated heterocycles. The lowest BCUT2D eigenvalue weighted by molar-refractivity contribution is -0.143. The van der Waals surface area contributed by atoms with Crippen molar-refractivity contribution < 1.29 is 47.9 Å². The molecule has 216 valence electrons. The van der Waals surface area contributed by atoms with Gasteiger partial charge in [-0.15, -0.1) is 0 Å². The topological polar surface area (TPSA) is 119 Å². The van der Waals surface area contributed by atoms with Gasteiger partial charge in [-0.2, -0.15) is 0 Å². The van der Waals surface area contributed by atoms with Crippen molar-refractivity contribution in [2.75, 3.05) is 48.6 Å². The number of methoxy groups -OCH3 is 4. The Morgan fingerprint density at radius 2 is 1.27 bits per heavy atom. The number of aliphatic hydroxyl groups is 1. The SMILES string of the molecule is CCOC(=O)CC/C(C(=O)/C=C/c1ccc(OCOC)c(OC)c1)=C(O)\C=C\c1ccc(OCOC)c(OC)c1. The Morgan fingerprint density at radius 1 is 0.750 bits per heavy atom. The summed E-state index contributed by atoms with van der Waals surface area (Å²) in [5.74, 6) is 0.695. The largest absolute Gasteiger partial charge is 0.508 e. The molecule has 0 atom stereocenters. The van der Waals surface area contributed by atoms with Crippen LogP contribution in [-0.2, 0) is 23.8 Å². The highest BCUT2D eigenvalue weighted by Crippen LogP contribution is 2.30. The van der Waals surface area contributed by atoms with E-state index in [-0.39, 0.29) is 44.4 Å². The number of benzene rings is 2. The van der Waals surface area contributed by atoms with Crippen LogP contribution < -0.4 is 18.9 Å². The molecule has 0 aliphatic carbocycles. The first-order valence-corrected chi connectivity index (χ1v) is 12.4. The maximum absolute atomic E-state index is 13.1. The molecule has 10 nitrogen and oxygen atoms in total. The Kier molecular flexibility index (Phi) is 13.8. The van der Waals surface area contributed by atoms with Crippen LogP contribution in [0, 0.1) is 0 Å². The van der Waals surface area contributed by atoms with Gasteiger partial charge in [-0.3, -0.25) is 9.59 Å². The van der Waals surface area contributed by atoms with E-state index in [0.717, 1.165) is 0 Å². The van der Waals surface area contributed by atoms with Crippen LogP contribution in [0.2, 0.25) is 0 Å². The molecule has 10 heteroatoms. The number of ether oxygens (including phenoxy) is 7. The third-order valence-corrected chi connectivity index (χ3v) is 5.39. The zero-order chi connectivity index (χ0) is 29.3. The molecule has 0 aliphatic rings. The predicted molar refractivity (Wildman–Crippen MR) is 150 cm³/mol. The van der Waals surface area contributed by atoms with Gasteiger partial charge in [-0.1, -0.05) is 24.3 Å². The van der Waals surface area contributed by atoms with Crippen molar-refractivity contribution in [3.05, 3.63) is 71.0 Å². The minimum atomic E-state index is -0.471. The number of esters is 1. The van der Waals surface area contributed by atoms with Crippen molar-refractivity contribution in [3.63, 3.8) is 0 Å². The third kappa shape index (κ3) is 10.1. The minimum absolute atomic E-state index is 0.0155. The maximum Gasteiger partial charge on any atom is 0.306 e. The first-order chi connectivity index (χ1) is 19.4. The van der Waals surface area contributed by atoms with E-state index in [1.165, 1.54) is 40.6 Å². The van der Waals surface area contributed by atoms with Gasteiger partial charge in [-0.05, 0) is 60.9 Å². The van der Waals surface area contributed by atoms with Crippen molar-refractivity contribution in [1.82, 2.24) is 0 Å². The van der Waals surface area contributed by atoms with Crippen molar-refractivity contribution in [1.29, 1.82) is 0 Å². The molecule has 0 saturated carbocycles. The molecule has 0 aromatic heterocycles. The van der Waals surface area contributed by atoms with Gasteiger partial charge >= 0.3 is 5.97 Å². The van der Waals surface area contributed by atoms with Gasteiger partial charge in [-0.25, -0.2) is 0 Å². The smallest absolute Gasteiger partial charge is 0.306 e. The number of carbonyl (C=O) groups is 2. The summed E-state index contributed by atoms with van der Waals surface area (Å²) in [7, 11) is 6.04. The Hall–Kier alpha value is -4.28. The molecule has 0 heterocycles. The lowest BCUT2D eigenvalue weighted by Crippen LogP contribution is -2.08. The van der Waals surface area contributed by atoms with Gasteiger partial charge in [0.1, 0.15) is 5.76 Å². The van der Waals surface area contributed by atoms with Gasteiger partial charge in [0, 0.05) is 26.2 Å². The van der Waals surface area contributed by atoms with E-state index in [2.05, 4.69) is 0 Å². The molecule has 0 radical (unpaired) electrons. The maximum atomic E-state index is 13.1. The predicted octanol–water partition coefficient (Wildman–Crippen LogP) is 5.12. The van der Waals surface area contributed by atoms with E-state index < -0.39 is 11.8 Å². The van der Waals surface area contributed by atoms with Crippen LogP contribution in [0.25, 0.3) is 12.2 Å². The minimum Gasteiger partial charge on any atom is -0.508 e. The first kappa shape index (κ1) is 31.9. The second-order valence-electron chi connectivity index (χ2n) is 8.12. The molecule has 40 heavy (non-hydrogen) atoms. The second kappa shape index (κ2) is 17.3.